The summed E-state index contributed by atoms with van der Waals surface area (Å²) in [6.45, 7) is 6.39. The molecule has 0 spiro atoms. The average Bonchev–Trinajstić information content (AvgIpc) is 2.76. The number of hydrogen-bond donors (Lipinski definition) is 0. The molecule has 0 fully saturated rings. The minimum atomic E-state index is 0.0249. The van der Waals surface area contributed by atoms with E-state index in [4.69, 9.17) is 0 Å². The zero-order chi connectivity index (χ0) is 12.3. The van der Waals surface area contributed by atoms with Gasteiger partial charge >= 0.3 is 0 Å². The van der Waals surface area contributed by atoms with Crippen molar-refractivity contribution in [3.05, 3.63) is 48.0 Å². The Morgan fingerprint density at radius 1 is 1.18 bits per heavy atom. The van der Waals surface area contributed by atoms with E-state index in [2.05, 4.69) is 30.9 Å². The Bertz CT molecular complexity index is 504. The number of aromatic nitrogens is 3. The predicted octanol–water partition coefficient (Wildman–Crippen LogP) is 3.20. The Kier molecular flexibility index (Phi) is 3.09. The van der Waals surface area contributed by atoms with Gasteiger partial charge in [-0.1, -0.05) is 6.07 Å². The lowest BCUT2D eigenvalue weighted by atomic mass is 10.1. The van der Waals surface area contributed by atoms with E-state index in [1.165, 1.54) is 0 Å². The summed E-state index contributed by atoms with van der Waals surface area (Å²) >= 11 is 0. The topological polar surface area (TPSA) is 30.7 Å². The van der Waals surface area contributed by atoms with E-state index in [1.807, 2.05) is 47.4 Å². The van der Waals surface area contributed by atoms with E-state index < -0.39 is 0 Å². The molecule has 2 aromatic heterocycles. The molecule has 88 valence electrons. The van der Waals surface area contributed by atoms with Gasteiger partial charge in [-0.3, -0.25) is 9.67 Å². The van der Waals surface area contributed by atoms with Gasteiger partial charge in [-0.25, -0.2) is 0 Å². The maximum atomic E-state index is 4.34. The van der Waals surface area contributed by atoms with Crippen LogP contribution in [0.3, 0.4) is 0 Å². The maximum absolute atomic E-state index is 4.34. The van der Waals surface area contributed by atoms with Crippen LogP contribution in [0.15, 0.2) is 36.8 Å². The molecule has 0 aliphatic heterocycles. The van der Waals surface area contributed by atoms with E-state index in [-0.39, 0.29) is 5.54 Å². The third-order valence-electron chi connectivity index (χ3n) is 2.42. The van der Waals surface area contributed by atoms with Gasteiger partial charge in [0, 0.05) is 18.0 Å². The molecule has 0 atom stereocenters. The molecule has 2 rings (SSSR count). The molecule has 0 N–H and O–H groups in total. The summed E-state index contributed by atoms with van der Waals surface area (Å²) in [7, 11) is 0. The van der Waals surface area contributed by atoms with Gasteiger partial charge < -0.3 is 0 Å². The number of pyridine rings is 1. The lowest BCUT2D eigenvalue weighted by Gasteiger charge is -2.18. The minimum Gasteiger partial charge on any atom is -0.267 e. The largest absolute Gasteiger partial charge is 0.267 e. The Hall–Kier alpha value is -1.90. The lowest BCUT2D eigenvalue weighted by Crippen LogP contribution is -2.21. The third kappa shape index (κ3) is 3.03. The summed E-state index contributed by atoms with van der Waals surface area (Å²) in [5.41, 5.74) is 2.07. The molecule has 2 aromatic rings. The van der Waals surface area contributed by atoms with Crippen molar-refractivity contribution in [2.24, 2.45) is 0 Å². The summed E-state index contributed by atoms with van der Waals surface area (Å²) < 4.78 is 1.96. The van der Waals surface area contributed by atoms with Gasteiger partial charge in [0.2, 0.25) is 0 Å². The Morgan fingerprint density at radius 3 is 2.59 bits per heavy atom. The first-order valence-corrected chi connectivity index (χ1v) is 5.70. The van der Waals surface area contributed by atoms with Gasteiger partial charge in [-0.05, 0) is 45.1 Å². The fraction of sp³-hybridized carbons (Fsp3) is 0.286. The predicted molar refractivity (Wildman–Crippen MR) is 70.4 cm³/mol. The first-order chi connectivity index (χ1) is 8.05. The number of hydrogen-bond acceptors (Lipinski definition) is 2. The van der Waals surface area contributed by atoms with Crippen molar-refractivity contribution in [2.75, 3.05) is 0 Å². The third-order valence-corrected chi connectivity index (χ3v) is 2.42. The minimum absolute atomic E-state index is 0.0249. The first kappa shape index (κ1) is 11.6. The molecule has 0 aliphatic carbocycles. The van der Waals surface area contributed by atoms with Crippen LogP contribution in [0.4, 0.5) is 0 Å². The van der Waals surface area contributed by atoms with Crippen LogP contribution in [-0.2, 0) is 5.54 Å². The molecule has 17 heavy (non-hydrogen) atoms. The van der Waals surface area contributed by atoms with Crippen LogP contribution >= 0.6 is 0 Å². The van der Waals surface area contributed by atoms with E-state index in [0.717, 1.165) is 11.3 Å². The molecule has 0 aliphatic rings. The average molecular weight is 227 g/mol. The highest BCUT2D eigenvalue weighted by molar-refractivity contribution is 5.67. The summed E-state index contributed by atoms with van der Waals surface area (Å²) in [5.74, 6) is 0. The lowest BCUT2D eigenvalue weighted by molar-refractivity contribution is 0.355. The highest BCUT2D eigenvalue weighted by Crippen LogP contribution is 2.14. The first-order valence-electron chi connectivity index (χ1n) is 5.70. The van der Waals surface area contributed by atoms with Crippen LogP contribution in [0.2, 0.25) is 0 Å². The van der Waals surface area contributed by atoms with Gasteiger partial charge in [0.05, 0.1) is 17.4 Å². The van der Waals surface area contributed by atoms with E-state index in [9.17, 15) is 0 Å². The monoisotopic (exact) mass is 227 g/mol. The molecule has 0 radical (unpaired) electrons. The summed E-state index contributed by atoms with van der Waals surface area (Å²) in [5, 5.41) is 4.34. The fourth-order valence-corrected chi connectivity index (χ4v) is 1.45. The van der Waals surface area contributed by atoms with Crippen molar-refractivity contribution in [3.63, 3.8) is 0 Å². The quantitative estimate of drug-likeness (QED) is 0.788. The van der Waals surface area contributed by atoms with Crippen molar-refractivity contribution < 1.29 is 0 Å². The number of rotatable bonds is 2. The smallest absolute Gasteiger partial charge is 0.0629 e. The normalized spacial score (nSPS) is 12.2. The standard InChI is InChI=1S/C14H17N3/c1-14(2,3)17-11-12(10-16-17)7-8-13-6-4-5-9-15-13/h4-11H,1-3H3/b8-7+. The summed E-state index contributed by atoms with van der Waals surface area (Å²) in [6.07, 6.45) is 9.71. The molecular weight excluding hydrogens is 210 g/mol. The molecule has 0 aromatic carbocycles. The van der Waals surface area contributed by atoms with E-state index in [0.29, 0.717) is 0 Å². The molecule has 0 bridgehead atoms. The Labute approximate surface area is 102 Å². The van der Waals surface area contributed by atoms with Crippen LogP contribution in [0.1, 0.15) is 32.0 Å². The number of nitrogens with zero attached hydrogens (tertiary/aromatic N) is 3. The molecule has 0 amide bonds. The SMILES string of the molecule is CC(C)(C)n1cc(/C=C/c2ccccn2)cn1. The molecular formula is C14H17N3. The molecule has 0 unspecified atom stereocenters. The van der Waals surface area contributed by atoms with Crippen molar-refractivity contribution in [2.45, 2.75) is 26.3 Å². The molecule has 0 saturated heterocycles. The van der Waals surface area contributed by atoms with Crippen molar-refractivity contribution in [3.8, 4) is 0 Å². The molecule has 2 heterocycles. The van der Waals surface area contributed by atoms with Crippen LogP contribution in [0, 0.1) is 0 Å². The molecule has 3 heteroatoms. The summed E-state index contributed by atoms with van der Waals surface area (Å²) in [6, 6.07) is 5.87. The van der Waals surface area contributed by atoms with E-state index in [1.54, 1.807) is 6.20 Å². The molecule has 0 saturated carbocycles. The highest BCUT2D eigenvalue weighted by Gasteiger charge is 2.12. The van der Waals surface area contributed by atoms with Crippen LogP contribution < -0.4 is 0 Å². The van der Waals surface area contributed by atoms with Crippen molar-refractivity contribution >= 4 is 12.2 Å². The fourth-order valence-electron chi connectivity index (χ4n) is 1.45. The summed E-state index contributed by atoms with van der Waals surface area (Å²) in [4.78, 5) is 4.24. The van der Waals surface area contributed by atoms with Gasteiger partial charge in [0.25, 0.3) is 0 Å². The van der Waals surface area contributed by atoms with Crippen LogP contribution in [0.5, 0.6) is 0 Å². The maximum Gasteiger partial charge on any atom is 0.0629 e. The highest BCUT2D eigenvalue weighted by atomic mass is 15.3. The van der Waals surface area contributed by atoms with Gasteiger partial charge in [-0.15, -0.1) is 0 Å². The second-order valence-corrected chi connectivity index (χ2v) is 4.98. The Morgan fingerprint density at radius 2 is 2.00 bits per heavy atom. The zero-order valence-electron chi connectivity index (χ0n) is 10.5. The van der Waals surface area contributed by atoms with Crippen molar-refractivity contribution in [1.82, 2.24) is 14.8 Å². The van der Waals surface area contributed by atoms with Crippen molar-refractivity contribution in [1.29, 1.82) is 0 Å². The van der Waals surface area contributed by atoms with Gasteiger partial charge in [-0.2, -0.15) is 5.10 Å². The van der Waals surface area contributed by atoms with Crippen LogP contribution in [-0.4, -0.2) is 14.8 Å². The van der Waals surface area contributed by atoms with Crippen LogP contribution in [0.25, 0.3) is 12.2 Å². The Balaban J connectivity index is 2.15. The zero-order valence-corrected chi connectivity index (χ0v) is 10.5. The second-order valence-electron chi connectivity index (χ2n) is 4.98. The molecule has 3 nitrogen and oxygen atoms in total. The van der Waals surface area contributed by atoms with Gasteiger partial charge in [0.1, 0.15) is 0 Å². The second kappa shape index (κ2) is 4.53. The van der Waals surface area contributed by atoms with E-state index >= 15 is 0 Å². The van der Waals surface area contributed by atoms with Gasteiger partial charge in [0.15, 0.2) is 0 Å².